The van der Waals surface area contributed by atoms with E-state index in [2.05, 4.69) is 4.98 Å². The number of aromatic nitrogens is 1. The molecule has 0 radical (unpaired) electrons. The van der Waals surface area contributed by atoms with Crippen molar-refractivity contribution < 1.29 is 14.3 Å². The number of carbonyl (C=O) groups is 1. The smallest absolute Gasteiger partial charge is 0.252 e. The Kier molecular flexibility index (Phi) is 3.62. The second-order valence-electron chi connectivity index (χ2n) is 4.67. The zero-order valence-electron chi connectivity index (χ0n) is 11.9. The van der Waals surface area contributed by atoms with Gasteiger partial charge >= 0.3 is 0 Å². The number of para-hydroxylation sites is 1. The molecule has 5 heteroatoms. The van der Waals surface area contributed by atoms with E-state index in [4.69, 9.17) is 15.2 Å². The van der Waals surface area contributed by atoms with E-state index in [1.807, 2.05) is 36.4 Å². The van der Waals surface area contributed by atoms with Crippen LogP contribution in [0.15, 0.2) is 54.6 Å². The van der Waals surface area contributed by atoms with Crippen LogP contribution in [0.25, 0.3) is 10.9 Å². The predicted molar refractivity (Wildman–Crippen MR) is 83.3 cm³/mol. The number of carbonyl (C=O) groups excluding carboxylic acids is 1. The Morgan fingerprint density at radius 3 is 2.55 bits per heavy atom. The van der Waals surface area contributed by atoms with E-state index in [0.717, 1.165) is 5.39 Å². The van der Waals surface area contributed by atoms with Crippen molar-refractivity contribution in [1.82, 2.24) is 4.98 Å². The summed E-state index contributed by atoms with van der Waals surface area (Å²) >= 11 is 0. The van der Waals surface area contributed by atoms with Crippen LogP contribution in [0.3, 0.4) is 0 Å². The third-order valence-corrected chi connectivity index (χ3v) is 3.22. The van der Waals surface area contributed by atoms with E-state index in [0.29, 0.717) is 28.5 Å². The van der Waals surface area contributed by atoms with Crippen LogP contribution in [-0.2, 0) is 0 Å². The topological polar surface area (TPSA) is 74.4 Å². The van der Waals surface area contributed by atoms with Gasteiger partial charge < -0.3 is 15.2 Å². The summed E-state index contributed by atoms with van der Waals surface area (Å²) in [6, 6.07) is 16.3. The molecule has 1 heterocycles. The number of rotatable bonds is 4. The molecular formula is C17H14N2O3. The predicted octanol–water partition coefficient (Wildman–Crippen LogP) is 3.13. The number of pyridine rings is 1. The molecule has 22 heavy (non-hydrogen) atoms. The lowest BCUT2D eigenvalue weighted by atomic mass is 10.1. The van der Waals surface area contributed by atoms with E-state index in [-0.39, 0.29) is 0 Å². The molecule has 110 valence electrons. The van der Waals surface area contributed by atoms with Gasteiger partial charge in [0.1, 0.15) is 11.5 Å². The second-order valence-corrected chi connectivity index (χ2v) is 4.67. The highest BCUT2D eigenvalue weighted by molar-refractivity contribution is 6.00. The van der Waals surface area contributed by atoms with Gasteiger partial charge in [-0.15, -0.1) is 0 Å². The van der Waals surface area contributed by atoms with Gasteiger partial charge in [-0.1, -0.05) is 18.2 Å². The number of primary amides is 1. The minimum Gasteiger partial charge on any atom is -0.496 e. The zero-order valence-corrected chi connectivity index (χ0v) is 11.9. The van der Waals surface area contributed by atoms with Crippen LogP contribution < -0.4 is 15.2 Å². The number of hydrogen-bond donors (Lipinski definition) is 1. The van der Waals surface area contributed by atoms with Gasteiger partial charge in [0.05, 0.1) is 18.2 Å². The molecule has 1 amide bonds. The van der Waals surface area contributed by atoms with Crippen molar-refractivity contribution in [3.63, 3.8) is 0 Å². The number of benzene rings is 2. The Morgan fingerprint density at radius 2 is 1.86 bits per heavy atom. The molecule has 0 spiro atoms. The maximum atomic E-state index is 11.4. The molecule has 3 aromatic rings. The Balaban J connectivity index is 2.02. The van der Waals surface area contributed by atoms with Crippen LogP contribution in [0, 0.1) is 0 Å². The highest BCUT2D eigenvalue weighted by Crippen LogP contribution is 2.27. The molecule has 0 aliphatic rings. The van der Waals surface area contributed by atoms with Gasteiger partial charge in [0.2, 0.25) is 5.88 Å². The number of hydrogen-bond acceptors (Lipinski definition) is 4. The van der Waals surface area contributed by atoms with Crippen molar-refractivity contribution in [2.45, 2.75) is 0 Å². The zero-order chi connectivity index (χ0) is 15.5. The molecule has 0 aliphatic carbocycles. The Hall–Kier alpha value is -3.08. The molecule has 3 rings (SSSR count). The molecule has 0 saturated heterocycles. The van der Waals surface area contributed by atoms with Gasteiger partial charge in [-0.25, -0.2) is 4.98 Å². The van der Waals surface area contributed by atoms with E-state index in [1.165, 1.54) is 7.11 Å². The van der Waals surface area contributed by atoms with Gasteiger partial charge in [-0.2, -0.15) is 0 Å². The van der Waals surface area contributed by atoms with Gasteiger partial charge in [0.25, 0.3) is 5.91 Å². The van der Waals surface area contributed by atoms with Crippen LogP contribution >= 0.6 is 0 Å². The lowest BCUT2D eigenvalue weighted by Gasteiger charge is -2.09. The largest absolute Gasteiger partial charge is 0.496 e. The van der Waals surface area contributed by atoms with Crippen molar-refractivity contribution in [3.05, 3.63) is 60.2 Å². The summed E-state index contributed by atoms with van der Waals surface area (Å²) in [7, 11) is 1.48. The molecule has 0 saturated carbocycles. The maximum absolute atomic E-state index is 11.4. The molecule has 2 aromatic carbocycles. The van der Waals surface area contributed by atoms with Crippen molar-refractivity contribution in [2.24, 2.45) is 5.73 Å². The molecule has 5 nitrogen and oxygen atoms in total. The van der Waals surface area contributed by atoms with E-state index >= 15 is 0 Å². The minimum atomic E-state index is -0.539. The maximum Gasteiger partial charge on any atom is 0.252 e. The molecule has 0 unspecified atom stereocenters. The van der Waals surface area contributed by atoms with Crippen LogP contribution in [0.5, 0.6) is 17.4 Å². The Labute approximate surface area is 127 Å². The van der Waals surface area contributed by atoms with E-state index in [9.17, 15) is 4.79 Å². The second kappa shape index (κ2) is 5.73. The molecule has 0 fully saturated rings. The molecule has 0 bridgehead atoms. The van der Waals surface area contributed by atoms with Gasteiger partial charge in [0, 0.05) is 17.5 Å². The lowest BCUT2D eigenvalue weighted by Crippen LogP contribution is -2.12. The monoisotopic (exact) mass is 294 g/mol. The fourth-order valence-corrected chi connectivity index (χ4v) is 2.16. The fraction of sp³-hybridized carbons (Fsp3) is 0.0588. The van der Waals surface area contributed by atoms with Crippen LogP contribution in [0.2, 0.25) is 0 Å². The fourth-order valence-electron chi connectivity index (χ4n) is 2.16. The number of fused-ring (bicyclic) bond motifs is 1. The quantitative estimate of drug-likeness (QED) is 0.802. The third kappa shape index (κ3) is 2.69. The summed E-state index contributed by atoms with van der Waals surface area (Å²) in [5, 5.41) is 0.787. The third-order valence-electron chi connectivity index (χ3n) is 3.22. The standard InChI is InChI=1S/C17H14N2O3/c1-21-15-10-14-11(9-13(15)17(18)20)7-8-16(19-14)22-12-5-3-2-4-6-12/h2-10H,1H3,(H2,18,20). The number of amides is 1. The highest BCUT2D eigenvalue weighted by Gasteiger charge is 2.12. The Bertz CT molecular complexity index is 832. The minimum absolute atomic E-state index is 0.327. The van der Waals surface area contributed by atoms with Crippen LogP contribution in [0.1, 0.15) is 10.4 Å². The van der Waals surface area contributed by atoms with E-state index < -0.39 is 5.91 Å². The summed E-state index contributed by atoms with van der Waals surface area (Å²) in [6.45, 7) is 0. The molecular weight excluding hydrogens is 280 g/mol. The average Bonchev–Trinajstić information content (AvgIpc) is 2.54. The molecule has 0 atom stereocenters. The normalized spacial score (nSPS) is 10.4. The first-order chi connectivity index (χ1) is 10.7. The highest BCUT2D eigenvalue weighted by atomic mass is 16.5. The van der Waals surface area contributed by atoms with Crippen LogP contribution in [0.4, 0.5) is 0 Å². The van der Waals surface area contributed by atoms with Gasteiger partial charge in [0.15, 0.2) is 0 Å². The van der Waals surface area contributed by atoms with Crippen molar-refractivity contribution in [3.8, 4) is 17.4 Å². The number of methoxy groups -OCH3 is 1. The lowest BCUT2D eigenvalue weighted by molar-refractivity contribution is 0.0997. The average molecular weight is 294 g/mol. The first kappa shape index (κ1) is 13.9. The van der Waals surface area contributed by atoms with Gasteiger partial charge in [-0.05, 0) is 24.3 Å². The van der Waals surface area contributed by atoms with Gasteiger partial charge in [-0.3, -0.25) is 4.79 Å². The molecule has 1 aromatic heterocycles. The van der Waals surface area contributed by atoms with Crippen molar-refractivity contribution in [2.75, 3.05) is 7.11 Å². The number of nitrogens with zero attached hydrogens (tertiary/aromatic N) is 1. The van der Waals surface area contributed by atoms with E-state index in [1.54, 1.807) is 18.2 Å². The Morgan fingerprint density at radius 1 is 1.09 bits per heavy atom. The van der Waals surface area contributed by atoms with Crippen molar-refractivity contribution >= 4 is 16.8 Å². The summed E-state index contributed by atoms with van der Waals surface area (Å²) in [5.41, 5.74) is 6.34. The first-order valence-electron chi connectivity index (χ1n) is 6.69. The molecule has 0 aliphatic heterocycles. The summed E-state index contributed by atoms with van der Waals surface area (Å²) in [5.74, 6) is 1.02. The SMILES string of the molecule is COc1cc2nc(Oc3ccccc3)ccc2cc1C(N)=O. The van der Waals surface area contributed by atoms with Crippen molar-refractivity contribution in [1.29, 1.82) is 0 Å². The first-order valence-corrected chi connectivity index (χ1v) is 6.69. The number of ether oxygens (including phenoxy) is 2. The van der Waals surface area contributed by atoms with Crippen LogP contribution in [-0.4, -0.2) is 18.0 Å². The summed E-state index contributed by atoms with van der Waals surface area (Å²) in [6.07, 6.45) is 0. The summed E-state index contributed by atoms with van der Waals surface area (Å²) in [4.78, 5) is 15.9. The number of nitrogens with two attached hydrogens (primary N) is 1. The molecule has 2 N–H and O–H groups in total. The summed E-state index contributed by atoms with van der Waals surface area (Å²) < 4.78 is 10.9.